The summed E-state index contributed by atoms with van der Waals surface area (Å²) in [5, 5.41) is 3.77. The van der Waals surface area contributed by atoms with Gasteiger partial charge < -0.3 is 15.0 Å². The van der Waals surface area contributed by atoms with E-state index in [-0.39, 0.29) is 0 Å². The number of nitrogens with zero attached hydrogens (tertiary/aromatic N) is 2. The highest BCUT2D eigenvalue weighted by Crippen LogP contribution is 2.16. The van der Waals surface area contributed by atoms with Gasteiger partial charge in [-0.25, -0.2) is 0 Å². The fourth-order valence-electron chi connectivity index (χ4n) is 3.57. The van der Waals surface area contributed by atoms with E-state index in [9.17, 15) is 0 Å². The van der Waals surface area contributed by atoms with Crippen LogP contribution in [-0.2, 0) is 4.74 Å². The average molecular weight is 297 g/mol. The summed E-state index contributed by atoms with van der Waals surface area (Å²) in [5.41, 5.74) is 0. The van der Waals surface area contributed by atoms with E-state index < -0.39 is 0 Å². The molecule has 0 aromatic carbocycles. The van der Waals surface area contributed by atoms with Gasteiger partial charge in [0.1, 0.15) is 0 Å². The molecule has 2 aliphatic heterocycles. The lowest BCUT2D eigenvalue weighted by molar-refractivity contribution is 0.0121. The van der Waals surface area contributed by atoms with Crippen LogP contribution in [0.15, 0.2) is 0 Å². The number of hydrogen-bond donors (Lipinski definition) is 1. The van der Waals surface area contributed by atoms with Gasteiger partial charge in [0.15, 0.2) is 0 Å². The second kappa shape index (κ2) is 9.09. The fraction of sp³-hybridized carbons (Fsp3) is 1.00. The second-order valence-corrected chi connectivity index (χ2v) is 7.34. The Labute approximate surface area is 131 Å². The SMILES string of the molecule is CC(C)CC(CNCC1CCN(C)CC1)N1CCOCC1. The Hall–Kier alpha value is -0.160. The molecule has 0 bridgehead atoms. The molecule has 2 rings (SSSR count). The van der Waals surface area contributed by atoms with Crippen molar-refractivity contribution >= 4 is 0 Å². The van der Waals surface area contributed by atoms with E-state index in [1.165, 1.54) is 38.9 Å². The van der Waals surface area contributed by atoms with Gasteiger partial charge in [-0.2, -0.15) is 0 Å². The molecule has 0 aliphatic carbocycles. The zero-order valence-corrected chi connectivity index (χ0v) is 14.3. The highest BCUT2D eigenvalue weighted by molar-refractivity contribution is 4.79. The molecule has 124 valence electrons. The molecule has 0 aromatic rings. The molecule has 4 nitrogen and oxygen atoms in total. The van der Waals surface area contributed by atoms with Crippen LogP contribution in [0.5, 0.6) is 0 Å². The summed E-state index contributed by atoms with van der Waals surface area (Å²) in [6.07, 6.45) is 4.01. The number of hydrogen-bond acceptors (Lipinski definition) is 4. The molecular formula is C17H35N3O. The Bertz CT molecular complexity index is 271. The van der Waals surface area contributed by atoms with Crippen LogP contribution < -0.4 is 5.32 Å². The topological polar surface area (TPSA) is 27.7 Å². The molecular weight excluding hydrogens is 262 g/mol. The van der Waals surface area contributed by atoms with Gasteiger partial charge in [-0.05, 0) is 57.8 Å². The highest BCUT2D eigenvalue weighted by Gasteiger charge is 2.22. The normalized spacial score (nSPS) is 24.6. The maximum Gasteiger partial charge on any atom is 0.0594 e. The smallest absolute Gasteiger partial charge is 0.0594 e. The molecule has 2 aliphatic rings. The molecule has 2 heterocycles. The van der Waals surface area contributed by atoms with Crippen molar-refractivity contribution in [2.24, 2.45) is 11.8 Å². The van der Waals surface area contributed by atoms with Gasteiger partial charge in [-0.3, -0.25) is 4.90 Å². The number of likely N-dealkylation sites (tertiary alicyclic amines) is 1. The van der Waals surface area contributed by atoms with E-state index in [1.54, 1.807) is 0 Å². The lowest BCUT2D eigenvalue weighted by atomic mass is 9.96. The summed E-state index contributed by atoms with van der Waals surface area (Å²) >= 11 is 0. The van der Waals surface area contributed by atoms with E-state index >= 15 is 0 Å². The first-order valence-electron chi connectivity index (χ1n) is 8.86. The van der Waals surface area contributed by atoms with E-state index in [0.29, 0.717) is 6.04 Å². The Morgan fingerprint density at radius 1 is 1.10 bits per heavy atom. The largest absolute Gasteiger partial charge is 0.379 e. The summed E-state index contributed by atoms with van der Waals surface area (Å²) in [7, 11) is 2.24. The van der Waals surface area contributed by atoms with E-state index in [2.05, 4.69) is 36.0 Å². The minimum Gasteiger partial charge on any atom is -0.379 e. The molecule has 0 spiro atoms. The minimum absolute atomic E-state index is 0.681. The second-order valence-electron chi connectivity index (χ2n) is 7.34. The van der Waals surface area contributed by atoms with Gasteiger partial charge in [-0.1, -0.05) is 13.8 Å². The Morgan fingerprint density at radius 2 is 1.76 bits per heavy atom. The first-order valence-corrected chi connectivity index (χ1v) is 8.86. The summed E-state index contributed by atoms with van der Waals surface area (Å²) in [6, 6.07) is 0.681. The maximum atomic E-state index is 5.50. The standard InChI is InChI=1S/C17H35N3O/c1-15(2)12-17(20-8-10-21-11-9-20)14-18-13-16-4-6-19(3)7-5-16/h15-18H,4-14H2,1-3H3. The minimum atomic E-state index is 0.681. The Morgan fingerprint density at radius 3 is 2.38 bits per heavy atom. The van der Waals surface area contributed by atoms with Gasteiger partial charge in [0, 0.05) is 25.7 Å². The van der Waals surface area contributed by atoms with Crippen molar-refractivity contribution in [2.75, 3.05) is 59.5 Å². The zero-order valence-electron chi connectivity index (χ0n) is 14.3. The fourth-order valence-corrected chi connectivity index (χ4v) is 3.57. The molecule has 0 aromatic heterocycles. The summed E-state index contributed by atoms with van der Waals surface area (Å²) in [4.78, 5) is 5.08. The lowest BCUT2D eigenvalue weighted by Gasteiger charge is -2.36. The molecule has 1 unspecified atom stereocenters. The first-order chi connectivity index (χ1) is 10.1. The van der Waals surface area contributed by atoms with Crippen LogP contribution in [0.4, 0.5) is 0 Å². The number of nitrogens with one attached hydrogen (secondary N) is 1. The predicted molar refractivity (Wildman–Crippen MR) is 88.7 cm³/mol. The molecule has 0 amide bonds. The molecule has 2 fully saturated rings. The van der Waals surface area contributed by atoms with Gasteiger partial charge in [0.25, 0.3) is 0 Å². The van der Waals surface area contributed by atoms with E-state index in [0.717, 1.165) is 44.7 Å². The quantitative estimate of drug-likeness (QED) is 0.773. The van der Waals surface area contributed by atoms with Crippen molar-refractivity contribution in [3.05, 3.63) is 0 Å². The number of rotatable bonds is 7. The number of ether oxygens (including phenoxy) is 1. The monoisotopic (exact) mass is 297 g/mol. The summed E-state index contributed by atoms with van der Waals surface area (Å²) in [6.45, 7) is 13.6. The zero-order chi connectivity index (χ0) is 15.1. The van der Waals surface area contributed by atoms with Crippen molar-refractivity contribution in [3.63, 3.8) is 0 Å². The van der Waals surface area contributed by atoms with Crippen molar-refractivity contribution < 1.29 is 4.74 Å². The van der Waals surface area contributed by atoms with Crippen LogP contribution in [0, 0.1) is 11.8 Å². The molecule has 21 heavy (non-hydrogen) atoms. The predicted octanol–water partition coefficient (Wildman–Crippen LogP) is 1.66. The first kappa shape index (κ1) is 17.2. The van der Waals surface area contributed by atoms with Crippen LogP contribution in [0.2, 0.25) is 0 Å². The summed E-state index contributed by atoms with van der Waals surface area (Å²) in [5.74, 6) is 1.65. The van der Waals surface area contributed by atoms with E-state index in [4.69, 9.17) is 4.74 Å². The third kappa shape index (κ3) is 6.23. The summed E-state index contributed by atoms with van der Waals surface area (Å²) < 4.78 is 5.50. The van der Waals surface area contributed by atoms with Crippen LogP contribution in [-0.4, -0.2) is 75.4 Å². The lowest BCUT2D eigenvalue weighted by Crippen LogP contribution is -2.49. The van der Waals surface area contributed by atoms with Crippen molar-refractivity contribution in [1.29, 1.82) is 0 Å². The highest BCUT2D eigenvalue weighted by atomic mass is 16.5. The molecule has 2 saturated heterocycles. The van der Waals surface area contributed by atoms with Crippen LogP contribution in [0.3, 0.4) is 0 Å². The van der Waals surface area contributed by atoms with Crippen molar-refractivity contribution in [1.82, 2.24) is 15.1 Å². The third-order valence-corrected chi connectivity index (χ3v) is 4.96. The number of piperidine rings is 1. The maximum absolute atomic E-state index is 5.50. The van der Waals surface area contributed by atoms with Crippen LogP contribution >= 0.6 is 0 Å². The molecule has 0 saturated carbocycles. The molecule has 0 radical (unpaired) electrons. The van der Waals surface area contributed by atoms with E-state index in [1.807, 2.05) is 0 Å². The molecule has 1 atom stereocenters. The van der Waals surface area contributed by atoms with Gasteiger partial charge >= 0.3 is 0 Å². The Kier molecular flexibility index (Phi) is 7.44. The Balaban J connectivity index is 1.70. The van der Waals surface area contributed by atoms with Gasteiger partial charge in [0.05, 0.1) is 13.2 Å². The average Bonchev–Trinajstić information content (AvgIpc) is 2.49. The number of morpholine rings is 1. The van der Waals surface area contributed by atoms with Gasteiger partial charge in [0.2, 0.25) is 0 Å². The van der Waals surface area contributed by atoms with Gasteiger partial charge in [-0.15, -0.1) is 0 Å². The van der Waals surface area contributed by atoms with Crippen LogP contribution in [0.1, 0.15) is 33.1 Å². The molecule has 4 heteroatoms. The van der Waals surface area contributed by atoms with Crippen molar-refractivity contribution in [2.45, 2.75) is 39.2 Å². The molecule has 1 N–H and O–H groups in total. The third-order valence-electron chi connectivity index (χ3n) is 4.96. The van der Waals surface area contributed by atoms with Crippen molar-refractivity contribution in [3.8, 4) is 0 Å². The van der Waals surface area contributed by atoms with Crippen LogP contribution in [0.25, 0.3) is 0 Å².